The van der Waals surface area contributed by atoms with Gasteiger partial charge in [0, 0.05) is 23.5 Å². The molecular weight excluding hydrogens is 168 g/mol. The molecular formula is C9H16N2S. The van der Waals surface area contributed by atoms with Crippen LogP contribution in [0, 0.1) is 6.92 Å². The first-order valence-corrected chi connectivity index (χ1v) is 5.24. The highest BCUT2D eigenvalue weighted by Crippen LogP contribution is 2.10. The number of rotatable bonds is 4. The van der Waals surface area contributed by atoms with Gasteiger partial charge < -0.3 is 5.32 Å². The van der Waals surface area contributed by atoms with E-state index in [2.05, 4.69) is 29.5 Å². The van der Waals surface area contributed by atoms with Crippen molar-refractivity contribution in [2.75, 3.05) is 6.54 Å². The summed E-state index contributed by atoms with van der Waals surface area (Å²) in [4.78, 5) is 4.41. The standard InChI is InChI=1S/C9H16N2S/c1-4-10-7(2)5-9-11-8(3)6-12-9/h6-7,10H,4-5H2,1-3H3. The number of hydrogen-bond donors (Lipinski definition) is 1. The minimum absolute atomic E-state index is 0.542. The molecule has 1 aromatic rings. The molecule has 0 saturated carbocycles. The zero-order chi connectivity index (χ0) is 8.97. The average molecular weight is 184 g/mol. The lowest BCUT2D eigenvalue weighted by atomic mass is 10.2. The van der Waals surface area contributed by atoms with Crippen LogP contribution in [0.25, 0.3) is 0 Å². The molecule has 68 valence electrons. The lowest BCUT2D eigenvalue weighted by Crippen LogP contribution is -2.27. The van der Waals surface area contributed by atoms with Crippen LogP contribution in [-0.4, -0.2) is 17.6 Å². The summed E-state index contributed by atoms with van der Waals surface area (Å²) in [6.07, 6.45) is 1.05. The third kappa shape index (κ3) is 2.91. The second-order valence-corrected chi connectivity index (χ2v) is 3.99. The SMILES string of the molecule is CCNC(C)Cc1nc(C)cs1. The zero-order valence-electron chi connectivity index (χ0n) is 7.92. The molecule has 1 rings (SSSR count). The van der Waals surface area contributed by atoms with E-state index in [-0.39, 0.29) is 0 Å². The van der Waals surface area contributed by atoms with Gasteiger partial charge in [0.15, 0.2) is 0 Å². The van der Waals surface area contributed by atoms with Crippen molar-refractivity contribution in [1.82, 2.24) is 10.3 Å². The van der Waals surface area contributed by atoms with E-state index in [1.165, 1.54) is 5.01 Å². The first-order valence-electron chi connectivity index (χ1n) is 4.36. The molecule has 0 spiro atoms. The molecule has 1 atom stereocenters. The van der Waals surface area contributed by atoms with E-state index >= 15 is 0 Å². The van der Waals surface area contributed by atoms with Gasteiger partial charge in [-0.1, -0.05) is 6.92 Å². The van der Waals surface area contributed by atoms with Crippen molar-refractivity contribution in [3.8, 4) is 0 Å². The fourth-order valence-corrected chi connectivity index (χ4v) is 2.08. The number of hydrogen-bond acceptors (Lipinski definition) is 3. The van der Waals surface area contributed by atoms with Crippen LogP contribution in [0.5, 0.6) is 0 Å². The molecule has 0 aliphatic heterocycles. The predicted octanol–water partition coefficient (Wildman–Crippen LogP) is 1.99. The number of thiazole rings is 1. The molecule has 0 aliphatic rings. The smallest absolute Gasteiger partial charge is 0.0943 e. The first kappa shape index (κ1) is 9.68. The molecule has 0 saturated heterocycles. The Bertz CT molecular complexity index is 232. The van der Waals surface area contributed by atoms with Gasteiger partial charge >= 0.3 is 0 Å². The summed E-state index contributed by atoms with van der Waals surface area (Å²) in [5.41, 5.74) is 1.14. The minimum Gasteiger partial charge on any atom is -0.314 e. The predicted molar refractivity (Wildman–Crippen MR) is 53.7 cm³/mol. The maximum Gasteiger partial charge on any atom is 0.0943 e. The second-order valence-electron chi connectivity index (χ2n) is 3.05. The molecule has 1 N–H and O–H groups in total. The van der Waals surface area contributed by atoms with Crippen LogP contribution in [0.3, 0.4) is 0 Å². The van der Waals surface area contributed by atoms with Gasteiger partial charge in [-0.3, -0.25) is 0 Å². The Morgan fingerprint density at radius 1 is 1.67 bits per heavy atom. The van der Waals surface area contributed by atoms with Crippen LogP contribution < -0.4 is 5.32 Å². The quantitative estimate of drug-likeness (QED) is 0.774. The summed E-state index contributed by atoms with van der Waals surface area (Å²) in [5.74, 6) is 0. The number of nitrogens with zero attached hydrogens (tertiary/aromatic N) is 1. The van der Waals surface area contributed by atoms with E-state index in [9.17, 15) is 0 Å². The van der Waals surface area contributed by atoms with Crippen molar-refractivity contribution in [3.05, 3.63) is 16.1 Å². The van der Waals surface area contributed by atoms with Crippen LogP contribution in [0.4, 0.5) is 0 Å². The van der Waals surface area contributed by atoms with Gasteiger partial charge in [0.1, 0.15) is 0 Å². The average Bonchev–Trinajstić information content (AvgIpc) is 2.36. The van der Waals surface area contributed by atoms with Crippen LogP contribution in [0.2, 0.25) is 0 Å². The van der Waals surface area contributed by atoms with Gasteiger partial charge in [-0.05, 0) is 20.4 Å². The Labute approximate surface area is 78.0 Å². The van der Waals surface area contributed by atoms with E-state index in [0.29, 0.717) is 6.04 Å². The van der Waals surface area contributed by atoms with Crippen LogP contribution in [0.15, 0.2) is 5.38 Å². The normalized spacial score (nSPS) is 13.2. The van der Waals surface area contributed by atoms with Crippen molar-refractivity contribution >= 4 is 11.3 Å². The molecule has 1 heterocycles. The van der Waals surface area contributed by atoms with Crippen molar-refractivity contribution < 1.29 is 0 Å². The highest BCUT2D eigenvalue weighted by Gasteiger charge is 2.04. The van der Waals surface area contributed by atoms with Crippen molar-refractivity contribution in [1.29, 1.82) is 0 Å². The summed E-state index contributed by atoms with van der Waals surface area (Å²) in [6, 6.07) is 0.542. The molecule has 0 radical (unpaired) electrons. The summed E-state index contributed by atoms with van der Waals surface area (Å²) >= 11 is 1.75. The maximum absolute atomic E-state index is 4.41. The lowest BCUT2D eigenvalue weighted by molar-refractivity contribution is 0.564. The fourth-order valence-electron chi connectivity index (χ4n) is 1.18. The Balaban J connectivity index is 2.41. The van der Waals surface area contributed by atoms with Crippen LogP contribution >= 0.6 is 11.3 Å². The zero-order valence-corrected chi connectivity index (χ0v) is 8.74. The van der Waals surface area contributed by atoms with E-state index in [1.54, 1.807) is 11.3 Å². The molecule has 1 aromatic heterocycles. The summed E-state index contributed by atoms with van der Waals surface area (Å²) in [5, 5.41) is 6.71. The topological polar surface area (TPSA) is 24.9 Å². The highest BCUT2D eigenvalue weighted by molar-refractivity contribution is 7.09. The third-order valence-electron chi connectivity index (χ3n) is 1.70. The van der Waals surface area contributed by atoms with E-state index in [0.717, 1.165) is 18.7 Å². The summed E-state index contributed by atoms with van der Waals surface area (Å²) in [6.45, 7) is 7.40. The maximum atomic E-state index is 4.41. The second kappa shape index (κ2) is 4.58. The van der Waals surface area contributed by atoms with Gasteiger partial charge in [0.2, 0.25) is 0 Å². The molecule has 1 unspecified atom stereocenters. The fraction of sp³-hybridized carbons (Fsp3) is 0.667. The van der Waals surface area contributed by atoms with Crippen molar-refractivity contribution in [3.63, 3.8) is 0 Å². The molecule has 0 fully saturated rings. The molecule has 12 heavy (non-hydrogen) atoms. The largest absolute Gasteiger partial charge is 0.314 e. The van der Waals surface area contributed by atoms with Gasteiger partial charge in [-0.2, -0.15) is 0 Å². The monoisotopic (exact) mass is 184 g/mol. The van der Waals surface area contributed by atoms with Crippen molar-refractivity contribution in [2.45, 2.75) is 33.2 Å². The minimum atomic E-state index is 0.542. The first-order chi connectivity index (χ1) is 5.72. The van der Waals surface area contributed by atoms with E-state index in [4.69, 9.17) is 0 Å². The van der Waals surface area contributed by atoms with E-state index < -0.39 is 0 Å². The Kier molecular flexibility index (Phi) is 3.69. The molecule has 0 amide bonds. The Hall–Kier alpha value is -0.410. The Morgan fingerprint density at radius 3 is 2.92 bits per heavy atom. The van der Waals surface area contributed by atoms with E-state index in [1.807, 2.05) is 6.92 Å². The third-order valence-corrected chi connectivity index (χ3v) is 2.69. The number of likely N-dealkylation sites (N-methyl/N-ethyl adjacent to an activating group) is 1. The molecule has 3 heteroatoms. The lowest BCUT2D eigenvalue weighted by Gasteiger charge is -2.09. The molecule has 0 aromatic carbocycles. The number of nitrogens with one attached hydrogen (secondary N) is 1. The van der Waals surface area contributed by atoms with Crippen molar-refractivity contribution in [2.24, 2.45) is 0 Å². The van der Waals surface area contributed by atoms with Gasteiger partial charge in [0.25, 0.3) is 0 Å². The summed E-state index contributed by atoms with van der Waals surface area (Å²) in [7, 11) is 0. The molecule has 2 nitrogen and oxygen atoms in total. The number of aromatic nitrogens is 1. The van der Waals surface area contributed by atoms with Gasteiger partial charge in [-0.25, -0.2) is 4.98 Å². The number of aryl methyl sites for hydroxylation is 1. The van der Waals surface area contributed by atoms with Gasteiger partial charge in [0.05, 0.1) is 5.01 Å². The Morgan fingerprint density at radius 2 is 2.42 bits per heavy atom. The van der Waals surface area contributed by atoms with Gasteiger partial charge in [-0.15, -0.1) is 11.3 Å². The molecule has 0 aliphatic carbocycles. The molecule has 0 bridgehead atoms. The summed E-state index contributed by atoms with van der Waals surface area (Å²) < 4.78 is 0. The highest BCUT2D eigenvalue weighted by atomic mass is 32.1. The van der Waals surface area contributed by atoms with Crippen LogP contribution in [0.1, 0.15) is 24.5 Å². The van der Waals surface area contributed by atoms with Crippen LogP contribution in [-0.2, 0) is 6.42 Å².